The lowest BCUT2D eigenvalue weighted by Gasteiger charge is -1.99. The van der Waals surface area contributed by atoms with Gasteiger partial charge in [0.1, 0.15) is 4.88 Å². The van der Waals surface area contributed by atoms with E-state index >= 15 is 0 Å². The van der Waals surface area contributed by atoms with E-state index in [1.54, 1.807) is 5.43 Å². The molecule has 1 aromatic heterocycles. The highest BCUT2D eigenvalue weighted by molar-refractivity contribution is 7.11. The number of aromatic nitrogens is 1. The number of carbonyl (C=O) groups excluding carboxylic acids is 1. The van der Waals surface area contributed by atoms with E-state index in [9.17, 15) is 9.59 Å². The largest absolute Gasteiger partial charge is 0.464 e. The van der Waals surface area contributed by atoms with Crippen molar-refractivity contribution >= 4 is 23.3 Å². The molecule has 0 radical (unpaired) electrons. The number of hydrogen-bond donors (Lipinski definition) is 3. The van der Waals surface area contributed by atoms with E-state index < -0.39 is 12.0 Å². The Labute approximate surface area is 71.2 Å². The van der Waals surface area contributed by atoms with E-state index in [1.165, 1.54) is 11.7 Å². The highest BCUT2D eigenvalue weighted by atomic mass is 32.1. The lowest BCUT2D eigenvalue weighted by Crippen LogP contribution is -2.40. The summed E-state index contributed by atoms with van der Waals surface area (Å²) in [5, 5.41) is 8.12. The Morgan fingerprint density at radius 1 is 1.50 bits per heavy atom. The van der Waals surface area contributed by atoms with Crippen molar-refractivity contribution in [1.29, 1.82) is 0 Å². The molecule has 7 heteroatoms. The Kier molecular flexibility index (Phi) is 2.59. The molecule has 6 nitrogen and oxygen atoms in total. The maximum absolute atomic E-state index is 10.9. The minimum Gasteiger partial charge on any atom is -0.464 e. The van der Waals surface area contributed by atoms with Gasteiger partial charge >= 0.3 is 6.09 Å². The summed E-state index contributed by atoms with van der Waals surface area (Å²) in [7, 11) is 0. The number of hydrazine groups is 1. The molecule has 0 bridgehead atoms. The average molecular weight is 187 g/mol. The predicted molar refractivity (Wildman–Crippen MR) is 40.7 cm³/mol. The Balaban J connectivity index is 2.45. The Bertz CT molecular complexity index is 284. The van der Waals surface area contributed by atoms with E-state index in [1.807, 2.05) is 5.43 Å². The lowest BCUT2D eigenvalue weighted by atomic mass is 10.5. The number of carboxylic acid groups (broad SMARTS) is 1. The van der Waals surface area contributed by atoms with Gasteiger partial charge in [0.2, 0.25) is 0 Å². The van der Waals surface area contributed by atoms with Crippen LogP contribution in [0.2, 0.25) is 0 Å². The van der Waals surface area contributed by atoms with Gasteiger partial charge in [0.25, 0.3) is 5.91 Å². The zero-order chi connectivity index (χ0) is 8.97. The minimum atomic E-state index is -1.31. The van der Waals surface area contributed by atoms with E-state index in [-0.39, 0.29) is 0 Å². The minimum absolute atomic E-state index is 0.351. The highest BCUT2D eigenvalue weighted by Gasteiger charge is 2.06. The van der Waals surface area contributed by atoms with Crippen LogP contribution in [-0.4, -0.2) is 22.1 Å². The SMILES string of the molecule is O=C(O)NNC(=O)c1cncs1. The topological polar surface area (TPSA) is 91.3 Å². The van der Waals surface area contributed by atoms with Gasteiger partial charge in [-0.2, -0.15) is 0 Å². The second-order valence-electron chi connectivity index (χ2n) is 1.75. The molecule has 0 aromatic carbocycles. The fourth-order valence-electron chi connectivity index (χ4n) is 0.500. The molecule has 0 atom stereocenters. The van der Waals surface area contributed by atoms with Gasteiger partial charge in [-0.05, 0) is 0 Å². The molecule has 1 rings (SSSR count). The summed E-state index contributed by atoms with van der Waals surface area (Å²) in [5.74, 6) is -0.514. The van der Waals surface area contributed by atoms with Crippen LogP contribution in [0.15, 0.2) is 11.7 Å². The molecule has 1 aromatic rings. The van der Waals surface area contributed by atoms with Crippen LogP contribution in [0, 0.1) is 0 Å². The maximum atomic E-state index is 10.9. The average Bonchev–Trinajstić information content (AvgIpc) is 2.51. The van der Waals surface area contributed by atoms with Gasteiger partial charge in [-0.1, -0.05) is 0 Å². The first-order valence-electron chi connectivity index (χ1n) is 2.88. The van der Waals surface area contributed by atoms with Crippen LogP contribution in [0.1, 0.15) is 9.67 Å². The van der Waals surface area contributed by atoms with E-state index in [0.29, 0.717) is 4.88 Å². The molecule has 0 fully saturated rings. The van der Waals surface area contributed by atoms with E-state index in [2.05, 4.69) is 4.98 Å². The number of nitrogens with one attached hydrogen (secondary N) is 2. The number of thiazole rings is 1. The van der Waals surface area contributed by atoms with Crippen LogP contribution in [-0.2, 0) is 0 Å². The molecule has 0 saturated heterocycles. The van der Waals surface area contributed by atoms with Crippen LogP contribution in [0.25, 0.3) is 0 Å². The van der Waals surface area contributed by atoms with Gasteiger partial charge in [0, 0.05) is 0 Å². The predicted octanol–water partition coefficient (Wildman–Crippen LogP) is 0.0555. The molecule has 0 unspecified atom stereocenters. The third kappa shape index (κ3) is 2.20. The quantitative estimate of drug-likeness (QED) is 0.542. The van der Waals surface area contributed by atoms with Crippen molar-refractivity contribution < 1.29 is 14.7 Å². The third-order valence-corrected chi connectivity index (χ3v) is 1.71. The van der Waals surface area contributed by atoms with Crippen LogP contribution >= 0.6 is 11.3 Å². The number of amides is 2. The summed E-state index contributed by atoms with van der Waals surface area (Å²) in [6.45, 7) is 0. The molecular formula is C5H5N3O3S. The monoisotopic (exact) mass is 187 g/mol. The second-order valence-corrected chi connectivity index (χ2v) is 2.64. The van der Waals surface area contributed by atoms with Crippen molar-refractivity contribution in [2.75, 3.05) is 0 Å². The molecule has 3 N–H and O–H groups in total. The van der Waals surface area contributed by atoms with E-state index in [0.717, 1.165) is 11.3 Å². The zero-order valence-electron chi connectivity index (χ0n) is 5.77. The lowest BCUT2D eigenvalue weighted by molar-refractivity contribution is 0.0930. The second kappa shape index (κ2) is 3.67. The van der Waals surface area contributed by atoms with Gasteiger partial charge in [0.15, 0.2) is 0 Å². The Hall–Kier alpha value is -1.63. The normalized spacial score (nSPS) is 9.00. The Morgan fingerprint density at radius 2 is 2.25 bits per heavy atom. The molecule has 12 heavy (non-hydrogen) atoms. The molecule has 1 heterocycles. The fraction of sp³-hybridized carbons (Fsp3) is 0. The molecule has 0 aliphatic heterocycles. The molecule has 0 aliphatic carbocycles. The number of nitrogens with zero attached hydrogens (tertiary/aromatic N) is 1. The molecule has 0 spiro atoms. The van der Waals surface area contributed by atoms with Gasteiger partial charge in [-0.3, -0.25) is 15.2 Å². The molecule has 0 aliphatic rings. The summed E-state index contributed by atoms with van der Waals surface area (Å²) in [4.78, 5) is 24.9. The number of carbonyl (C=O) groups is 2. The number of rotatable bonds is 1. The summed E-state index contributed by atoms with van der Waals surface area (Å²) in [6, 6.07) is 0. The molecule has 0 saturated carbocycles. The van der Waals surface area contributed by atoms with Gasteiger partial charge < -0.3 is 5.11 Å². The Morgan fingerprint density at radius 3 is 2.75 bits per heavy atom. The smallest absolute Gasteiger partial charge is 0.423 e. The first kappa shape index (κ1) is 8.47. The van der Waals surface area contributed by atoms with Gasteiger partial charge in [-0.15, -0.1) is 11.3 Å². The first-order chi connectivity index (χ1) is 5.70. The van der Waals surface area contributed by atoms with Crippen molar-refractivity contribution in [1.82, 2.24) is 15.8 Å². The van der Waals surface area contributed by atoms with Crippen LogP contribution < -0.4 is 10.9 Å². The van der Waals surface area contributed by atoms with Gasteiger partial charge in [0.05, 0.1) is 11.7 Å². The van der Waals surface area contributed by atoms with Crippen LogP contribution in [0.5, 0.6) is 0 Å². The first-order valence-corrected chi connectivity index (χ1v) is 3.76. The van der Waals surface area contributed by atoms with Crippen molar-refractivity contribution in [2.45, 2.75) is 0 Å². The summed E-state index contributed by atoms with van der Waals surface area (Å²) in [6.07, 6.45) is 0.0386. The van der Waals surface area contributed by atoms with Crippen LogP contribution in [0.4, 0.5) is 4.79 Å². The molecule has 2 amide bonds. The standard InChI is InChI=1S/C5H5N3O3S/c9-4(7-8-5(10)11)3-1-6-2-12-3/h1-2,8H,(H,7,9)(H,10,11). The number of hydrogen-bond acceptors (Lipinski definition) is 4. The highest BCUT2D eigenvalue weighted by Crippen LogP contribution is 2.03. The maximum Gasteiger partial charge on any atom is 0.423 e. The van der Waals surface area contributed by atoms with E-state index in [4.69, 9.17) is 5.11 Å². The molecular weight excluding hydrogens is 182 g/mol. The van der Waals surface area contributed by atoms with Crippen molar-refractivity contribution in [2.24, 2.45) is 0 Å². The van der Waals surface area contributed by atoms with Crippen LogP contribution in [0.3, 0.4) is 0 Å². The fourth-order valence-corrected chi connectivity index (χ4v) is 1.01. The summed E-state index contributed by atoms with van der Waals surface area (Å²) < 4.78 is 0. The van der Waals surface area contributed by atoms with Crippen molar-refractivity contribution in [3.05, 3.63) is 16.6 Å². The zero-order valence-corrected chi connectivity index (χ0v) is 6.59. The van der Waals surface area contributed by atoms with Crippen molar-refractivity contribution in [3.63, 3.8) is 0 Å². The van der Waals surface area contributed by atoms with Crippen molar-refractivity contribution in [3.8, 4) is 0 Å². The van der Waals surface area contributed by atoms with Gasteiger partial charge in [-0.25, -0.2) is 10.2 Å². The third-order valence-electron chi connectivity index (χ3n) is 0.939. The summed E-state index contributed by atoms with van der Waals surface area (Å²) in [5.41, 5.74) is 5.18. The molecule has 64 valence electrons. The summed E-state index contributed by atoms with van der Waals surface area (Å²) >= 11 is 1.13.